The van der Waals surface area contributed by atoms with Crippen LogP contribution in [0.4, 0.5) is 0 Å². The molecule has 4 nitrogen and oxygen atoms in total. The zero-order valence-corrected chi connectivity index (χ0v) is 14.3. The Morgan fingerprint density at radius 2 is 2.00 bits per heavy atom. The summed E-state index contributed by atoms with van der Waals surface area (Å²) in [5.74, 6) is -0.0487. The molecule has 0 aromatic carbocycles. The molecule has 0 unspecified atom stereocenters. The van der Waals surface area contributed by atoms with E-state index in [-0.39, 0.29) is 11.2 Å². The van der Waals surface area contributed by atoms with Gasteiger partial charge in [0.25, 0.3) is 0 Å². The first-order valence-electron chi connectivity index (χ1n) is 8.74. The first-order valence-corrected chi connectivity index (χ1v) is 8.74. The van der Waals surface area contributed by atoms with E-state index in [9.17, 15) is 9.90 Å². The highest BCUT2D eigenvalue weighted by Gasteiger charge is 2.23. The molecule has 22 heavy (non-hydrogen) atoms. The SMILES string of the molecule is CCCCN(CC)Cc1c(O)c(=O)cc(C)n1C1CCCC1. The number of aromatic hydroxyl groups is 1. The van der Waals surface area contributed by atoms with Gasteiger partial charge in [0.1, 0.15) is 0 Å². The third kappa shape index (κ3) is 3.72. The molecule has 1 N–H and O–H groups in total. The van der Waals surface area contributed by atoms with Crippen LogP contribution >= 0.6 is 0 Å². The van der Waals surface area contributed by atoms with Crippen molar-refractivity contribution >= 4 is 0 Å². The maximum atomic E-state index is 12.0. The van der Waals surface area contributed by atoms with Crippen molar-refractivity contribution in [2.75, 3.05) is 13.1 Å². The highest BCUT2D eigenvalue weighted by atomic mass is 16.3. The van der Waals surface area contributed by atoms with Crippen LogP contribution in [-0.4, -0.2) is 27.7 Å². The molecule has 1 saturated carbocycles. The maximum absolute atomic E-state index is 12.0. The fourth-order valence-electron chi connectivity index (χ4n) is 3.56. The van der Waals surface area contributed by atoms with Gasteiger partial charge < -0.3 is 9.67 Å². The summed E-state index contributed by atoms with van der Waals surface area (Å²) >= 11 is 0. The lowest BCUT2D eigenvalue weighted by atomic mass is 10.1. The number of aryl methyl sites for hydroxylation is 1. The molecule has 1 heterocycles. The maximum Gasteiger partial charge on any atom is 0.223 e. The van der Waals surface area contributed by atoms with Crippen LogP contribution in [0.1, 0.15) is 69.8 Å². The predicted molar refractivity (Wildman–Crippen MR) is 90.5 cm³/mol. The molecule has 1 aliphatic carbocycles. The second-order valence-electron chi connectivity index (χ2n) is 6.48. The molecule has 0 radical (unpaired) electrons. The molecular weight excluding hydrogens is 276 g/mol. The van der Waals surface area contributed by atoms with Crippen molar-refractivity contribution in [2.24, 2.45) is 0 Å². The Bertz CT molecular complexity index is 545. The minimum absolute atomic E-state index is 0.0487. The van der Waals surface area contributed by atoms with E-state index < -0.39 is 0 Å². The van der Waals surface area contributed by atoms with Crippen LogP contribution in [0.3, 0.4) is 0 Å². The smallest absolute Gasteiger partial charge is 0.223 e. The molecular formula is C18H30N2O2. The second-order valence-corrected chi connectivity index (χ2v) is 6.48. The van der Waals surface area contributed by atoms with Crippen LogP contribution in [0, 0.1) is 6.92 Å². The fraction of sp³-hybridized carbons (Fsp3) is 0.722. The predicted octanol–water partition coefficient (Wildman–Crippen LogP) is 3.60. The minimum Gasteiger partial charge on any atom is -0.503 e. The summed E-state index contributed by atoms with van der Waals surface area (Å²) in [6.07, 6.45) is 7.09. The average molecular weight is 306 g/mol. The molecule has 1 aromatic heterocycles. The van der Waals surface area contributed by atoms with E-state index in [1.165, 1.54) is 12.8 Å². The van der Waals surface area contributed by atoms with Crippen LogP contribution in [0.25, 0.3) is 0 Å². The van der Waals surface area contributed by atoms with Crippen molar-refractivity contribution in [2.45, 2.75) is 71.9 Å². The Labute approximate surface area is 133 Å². The monoisotopic (exact) mass is 306 g/mol. The first kappa shape index (κ1) is 17.1. The first-order chi connectivity index (χ1) is 10.6. The standard InChI is InChI=1S/C18H30N2O2/c1-4-6-11-19(5-2)13-16-18(22)17(21)12-14(3)20(16)15-9-7-8-10-15/h12,15,22H,4-11,13H2,1-3H3. The molecule has 4 heteroatoms. The van der Waals surface area contributed by atoms with Gasteiger partial charge in [0.2, 0.25) is 5.43 Å². The normalized spacial score (nSPS) is 15.8. The quantitative estimate of drug-likeness (QED) is 0.837. The fourth-order valence-corrected chi connectivity index (χ4v) is 3.56. The van der Waals surface area contributed by atoms with Crippen molar-refractivity contribution in [3.05, 3.63) is 27.7 Å². The van der Waals surface area contributed by atoms with E-state index in [0.717, 1.165) is 50.2 Å². The molecule has 0 aliphatic heterocycles. The molecule has 0 saturated heterocycles. The second kappa shape index (κ2) is 7.82. The number of aromatic nitrogens is 1. The van der Waals surface area contributed by atoms with Gasteiger partial charge >= 0.3 is 0 Å². The molecule has 124 valence electrons. The Morgan fingerprint density at radius 3 is 2.59 bits per heavy atom. The lowest BCUT2D eigenvalue weighted by Gasteiger charge is -2.27. The van der Waals surface area contributed by atoms with E-state index in [0.29, 0.717) is 12.6 Å². The number of pyridine rings is 1. The number of rotatable bonds is 7. The van der Waals surface area contributed by atoms with E-state index in [4.69, 9.17) is 0 Å². The van der Waals surface area contributed by atoms with Crippen molar-refractivity contribution in [3.8, 4) is 5.75 Å². The van der Waals surface area contributed by atoms with Crippen molar-refractivity contribution in [1.29, 1.82) is 0 Å². The number of nitrogens with zero attached hydrogens (tertiary/aromatic N) is 2. The lowest BCUT2D eigenvalue weighted by Crippen LogP contribution is -2.29. The van der Waals surface area contributed by atoms with Gasteiger partial charge in [0.15, 0.2) is 5.75 Å². The molecule has 0 bridgehead atoms. The molecule has 1 fully saturated rings. The largest absolute Gasteiger partial charge is 0.503 e. The molecule has 1 aliphatic rings. The Kier molecular flexibility index (Phi) is 6.07. The third-order valence-electron chi connectivity index (χ3n) is 4.86. The zero-order valence-electron chi connectivity index (χ0n) is 14.3. The van der Waals surface area contributed by atoms with E-state index >= 15 is 0 Å². The van der Waals surface area contributed by atoms with Gasteiger partial charge in [0.05, 0.1) is 5.69 Å². The van der Waals surface area contributed by atoms with Crippen LogP contribution < -0.4 is 5.43 Å². The van der Waals surface area contributed by atoms with Crippen LogP contribution in [0.15, 0.2) is 10.9 Å². The lowest BCUT2D eigenvalue weighted by molar-refractivity contribution is 0.257. The highest BCUT2D eigenvalue weighted by molar-refractivity contribution is 5.30. The summed E-state index contributed by atoms with van der Waals surface area (Å²) in [6.45, 7) is 8.93. The average Bonchev–Trinajstić information content (AvgIpc) is 3.02. The summed E-state index contributed by atoms with van der Waals surface area (Å²) in [5.41, 5.74) is 1.55. The summed E-state index contributed by atoms with van der Waals surface area (Å²) in [6, 6.07) is 2.02. The van der Waals surface area contributed by atoms with Crippen molar-refractivity contribution < 1.29 is 5.11 Å². The van der Waals surface area contributed by atoms with Crippen LogP contribution in [-0.2, 0) is 6.54 Å². The molecule has 1 aromatic rings. The van der Waals surface area contributed by atoms with Gasteiger partial charge in [-0.05, 0) is 39.3 Å². The van der Waals surface area contributed by atoms with Gasteiger partial charge in [-0.15, -0.1) is 0 Å². The van der Waals surface area contributed by atoms with E-state index in [1.54, 1.807) is 6.07 Å². The molecule has 0 atom stereocenters. The van der Waals surface area contributed by atoms with Crippen LogP contribution in [0.5, 0.6) is 5.75 Å². The van der Waals surface area contributed by atoms with Gasteiger partial charge in [-0.1, -0.05) is 33.1 Å². The van der Waals surface area contributed by atoms with Crippen molar-refractivity contribution in [1.82, 2.24) is 9.47 Å². The Morgan fingerprint density at radius 1 is 1.32 bits per heavy atom. The molecule has 0 amide bonds. The van der Waals surface area contributed by atoms with E-state index in [1.807, 2.05) is 6.92 Å². The summed E-state index contributed by atoms with van der Waals surface area (Å²) in [4.78, 5) is 14.4. The topological polar surface area (TPSA) is 45.5 Å². The van der Waals surface area contributed by atoms with E-state index in [2.05, 4.69) is 23.3 Å². The third-order valence-corrected chi connectivity index (χ3v) is 4.86. The van der Waals surface area contributed by atoms with Crippen LogP contribution in [0.2, 0.25) is 0 Å². The Hall–Kier alpha value is -1.29. The van der Waals surface area contributed by atoms with Gasteiger partial charge in [-0.25, -0.2) is 0 Å². The summed E-state index contributed by atoms with van der Waals surface area (Å²) in [7, 11) is 0. The molecule has 2 rings (SSSR count). The van der Waals surface area contributed by atoms with Crippen molar-refractivity contribution in [3.63, 3.8) is 0 Å². The molecule has 0 spiro atoms. The minimum atomic E-state index is -0.242. The van der Waals surface area contributed by atoms with Gasteiger partial charge in [-0.3, -0.25) is 9.69 Å². The number of unbranched alkanes of at least 4 members (excludes halogenated alkanes) is 1. The highest BCUT2D eigenvalue weighted by Crippen LogP contribution is 2.33. The summed E-state index contributed by atoms with van der Waals surface area (Å²) < 4.78 is 2.23. The number of hydrogen-bond donors (Lipinski definition) is 1. The van der Waals surface area contributed by atoms with Gasteiger partial charge in [0, 0.05) is 24.3 Å². The summed E-state index contributed by atoms with van der Waals surface area (Å²) in [5, 5.41) is 10.4. The zero-order chi connectivity index (χ0) is 16.1. The Balaban J connectivity index is 2.36. The number of hydrogen-bond acceptors (Lipinski definition) is 3. The van der Waals surface area contributed by atoms with Gasteiger partial charge in [-0.2, -0.15) is 0 Å².